The Labute approximate surface area is 115 Å². The second-order valence-corrected chi connectivity index (χ2v) is 5.20. The van der Waals surface area contributed by atoms with E-state index in [2.05, 4.69) is 39.5 Å². The van der Waals surface area contributed by atoms with E-state index in [-0.39, 0.29) is 0 Å². The lowest BCUT2D eigenvalue weighted by Crippen LogP contribution is -1.85. The maximum absolute atomic E-state index is 3.77. The molecule has 0 rings (SSSR count). The van der Waals surface area contributed by atoms with E-state index in [0.29, 0.717) is 0 Å². The third-order valence-corrected chi connectivity index (χ3v) is 3.16. The minimum atomic E-state index is 1.16. The molecule has 0 heteroatoms. The van der Waals surface area contributed by atoms with Crippen molar-refractivity contribution in [1.29, 1.82) is 0 Å². The van der Waals surface area contributed by atoms with E-state index in [1.165, 1.54) is 56.9 Å². The highest BCUT2D eigenvalue weighted by Crippen LogP contribution is 2.16. The Morgan fingerprint density at radius 2 is 1.67 bits per heavy atom. The number of unbranched alkanes of at least 4 members (excludes halogenated alkanes) is 4. The Kier molecular flexibility index (Phi) is 12.1. The maximum Gasteiger partial charge on any atom is -0.0282 e. The zero-order chi connectivity index (χ0) is 13.6. The van der Waals surface area contributed by atoms with Crippen molar-refractivity contribution >= 4 is 0 Å². The molecule has 0 unspecified atom stereocenters. The molecule has 0 spiro atoms. The van der Waals surface area contributed by atoms with Crippen LogP contribution < -0.4 is 0 Å². The quantitative estimate of drug-likeness (QED) is 0.220. The van der Waals surface area contributed by atoms with E-state index in [1.807, 2.05) is 6.08 Å². The van der Waals surface area contributed by atoms with Gasteiger partial charge < -0.3 is 0 Å². The number of hydrogen-bond donors (Lipinski definition) is 0. The molecule has 0 bridgehead atoms. The predicted octanol–water partition coefficient (Wildman–Crippen LogP) is 6.60. The highest BCUT2D eigenvalue weighted by atomic mass is 14.0. The van der Waals surface area contributed by atoms with Crippen LogP contribution >= 0.6 is 0 Å². The Balaban J connectivity index is 4.23. The van der Waals surface area contributed by atoms with Crippen LogP contribution in [0.25, 0.3) is 0 Å². The van der Waals surface area contributed by atoms with Gasteiger partial charge in [-0.25, -0.2) is 0 Å². The third kappa shape index (κ3) is 10.4. The van der Waals surface area contributed by atoms with Crippen molar-refractivity contribution in [3.63, 3.8) is 0 Å². The van der Waals surface area contributed by atoms with Gasteiger partial charge in [-0.05, 0) is 51.9 Å². The average molecular weight is 248 g/mol. The topological polar surface area (TPSA) is 0 Å². The molecule has 0 amide bonds. The van der Waals surface area contributed by atoms with Crippen molar-refractivity contribution in [1.82, 2.24) is 0 Å². The van der Waals surface area contributed by atoms with Gasteiger partial charge in [0.1, 0.15) is 0 Å². The van der Waals surface area contributed by atoms with E-state index in [9.17, 15) is 0 Å². The summed E-state index contributed by atoms with van der Waals surface area (Å²) < 4.78 is 0. The van der Waals surface area contributed by atoms with E-state index in [0.717, 1.165) is 6.42 Å². The van der Waals surface area contributed by atoms with Gasteiger partial charge in [-0.2, -0.15) is 0 Å². The molecule has 0 radical (unpaired) electrons. The van der Waals surface area contributed by atoms with Crippen LogP contribution in [0.5, 0.6) is 0 Å². The molecule has 0 aromatic heterocycles. The fourth-order valence-corrected chi connectivity index (χ4v) is 2.12. The average Bonchev–Trinajstić information content (AvgIpc) is 2.35. The largest absolute Gasteiger partial charge is 0.103 e. The summed E-state index contributed by atoms with van der Waals surface area (Å²) in [6.45, 7) is 10.6. The minimum Gasteiger partial charge on any atom is -0.103 e. The Morgan fingerprint density at radius 1 is 0.944 bits per heavy atom. The van der Waals surface area contributed by atoms with Crippen molar-refractivity contribution in [3.05, 3.63) is 36.0 Å². The first kappa shape index (κ1) is 17.2. The predicted molar refractivity (Wildman–Crippen MR) is 84.9 cm³/mol. The van der Waals surface area contributed by atoms with Gasteiger partial charge in [-0.1, -0.05) is 56.1 Å². The molecular formula is C18H32. The lowest BCUT2D eigenvalue weighted by Gasteiger charge is -2.05. The third-order valence-electron chi connectivity index (χ3n) is 3.16. The summed E-state index contributed by atoms with van der Waals surface area (Å²) in [5.41, 5.74) is 3.09. The van der Waals surface area contributed by atoms with Crippen LogP contribution in [0.1, 0.15) is 78.6 Å². The second kappa shape index (κ2) is 12.7. The Bertz CT molecular complexity index is 255. The van der Waals surface area contributed by atoms with Crippen LogP contribution in [0.4, 0.5) is 0 Å². The summed E-state index contributed by atoms with van der Waals surface area (Å²) in [6, 6.07) is 0. The van der Waals surface area contributed by atoms with Crippen molar-refractivity contribution in [3.8, 4) is 0 Å². The van der Waals surface area contributed by atoms with Gasteiger partial charge in [0.2, 0.25) is 0 Å². The van der Waals surface area contributed by atoms with Crippen LogP contribution in [0.15, 0.2) is 36.0 Å². The number of rotatable bonds is 11. The van der Waals surface area contributed by atoms with Gasteiger partial charge in [0.25, 0.3) is 0 Å². The summed E-state index contributed by atoms with van der Waals surface area (Å²) in [4.78, 5) is 0. The minimum absolute atomic E-state index is 1.16. The molecule has 0 N–H and O–H groups in total. The molecule has 0 aromatic carbocycles. The normalized spacial score (nSPS) is 12.8. The smallest absolute Gasteiger partial charge is 0.0282 e. The standard InChI is InChI=1S/C18H32/c1-5-8-10-11-12-15-18(14-9-6-2)16-17(4)13-7-3/h5,15-16H,1,6-14H2,2-4H3. The molecular weight excluding hydrogens is 216 g/mol. The van der Waals surface area contributed by atoms with Crippen molar-refractivity contribution in [2.45, 2.75) is 78.6 Å². The van der Waals surface area contributed by atoms with Crippen LogP contribution in [0, 0.1) is 0 Å². The summed E-state index contributed by atoms with van der Waals surface area (Å²) in [7, 11) is 0. The first-order valence-electron chi connectivity index (χ1n) is 7.71. The van der Waals surface area contributed by atoms with Gasteiger partial charge in [-0.3, -0.25) is 0 Å². The molecule has 104 valence electrons. The van der Waals surface area contributed by atoms with Crippen LogP contribution in [0.2, 0.25) is 0 Å². The fraction of sp³-hybridized carbons (Fsp3) is 0.667. The van der Waals surface area contributed by atoms with Gasteiger partial charge in [0.05, 0.1) is 0 Å². The molecule has 0 fully saturated rings. The van der Waals surface area contributed by atoms with Gasteiger partial charge in [0, 0.05) is 0 Å². The van der Waals surface area contributed by atoms with Crippen molar-refractivity contribution in [2.24, 2.45) is 0 Å². The molecule has 0 aliphatic carbocycles. The SMILES string of the molecule is C=CCCCCC=C(C=C(C)CCC)CCCC. The summed E-state index contributed by atoms with van der Waals surface area (Å²) in [6.07, 6.45) is 18.2. The highest BCUT2D eigenvalue weighted by molar-refractivity contribution is 5.22. The molecule has 18 heavy (non-hydrogen) atoms. The molecule has 0 saturated heterocycles. The summed E-state index contributed by atoms with van der Waals surface area (Å²) in [5.74, 6) is 0. The zero-order valence-corrected chi connectivity index (χ0v) is 12.8. The second-order valence-electron chi connectivity index (χ2n) is 5.20. The van der Waals surface area contributed by atoms with E-state index in [4.69, 9.17) is 0 Å². The lowest BCUT2D eigenvalue weighted by molar-refractivity contribution is 0.750. The fourth-order valence-electron chi connectivity index (χ4n) is 2.12. The van der Waals surface area contributed by atoms with Gasteiger partial charge >= 0.3 is 0 Å². The maximum atomic E-state index is 3.77. The Hall–Kier alpha value is -0.780. The van der Waals surface area contributed by atoms with E-state index < -0.39 is 0 Å². The molecule has 0 heterocycles. The first-order chi connectivity index (χ1) is 8.74. The lowest BCUT2D eigenvalue weighted by atomic mass is 10.0. The van der Waals surface area contributed by atoms with Crippen LogP contribution in [-0.4, -0.2) is 0 Å². The summed E-state index contributed by atoms with van der Waals surface area (Å²) >= 11 is 0. The van der Waals surface area contributed by atoms with E-state index >= 15 is 0 Å². The molecule has 0 atom stereocenters. The molecule has 0 aliphatic heterocycles. The monoisotopic (exact) mass is 248 g/mol. The van der Waals surface area contributed by atoms with Gasteiger partial charge in [-0.15, -0.1) is 6.58 Å². The Morgan fingerprint density at radius 3 is 2.28 bits per heavy atom. The van der Waals surface area contributed by atoms with Crippen molar-refractivity contribution in [2.75, 3.05) is 0 Å². The van der Waals surface area contributed by atoms with E-state index in [1.54, 1.807) is 5.57 Å². The van der Waals surface area contributed by atoms with Crippen LogP contribution in [-0.2, 0) is 0 Å². The molecule has 0 aromatic rings. The number of hydrogen-bond acceptors (Lipinski definition) is 0. The zero-order valence-electron chi connectivity index (χ0n) is 12.8. The first-order valence-corrected chi connectivity index (χ1v) is 7.71. The molecule has 0 aliphatic rings. The van der Waals surface area contributed by atoms with Crippen molar-refractivity contribution < 1.29 is 0 Å². The summed E-state index contributed by atoms with van der Waals surface area (Å²) in [5, 5.41) is 0. The number of allylic oxidation sites excluding steroid dienone is 5. The molecule has 0 saturated carbocycles. The van der Waals surface area contributed by atoms with Crippen LogP contribution in [0.3, 0.4) is 0 Å². The highest BCUT2D eigenvalue weighted by Gasteiger charge is 1.96. The van der Waals surface area contributed by atoms with Gasteiger partial charge in [0.15, 0.2) is 0 Å². The molecule has 0 nitrogen and oxygen atoms in total.